The molecule has 0 unspecified atom stereocenters. The van der Waals surface area contributed by atoms with Crippen molar-refractivity contribution >= 4 is 27.6 Å². The van der Waals surface area contributed by atoms with Gasteiger partial charge < -0.3 is 10.3 Å². The molecule has 0 radical (unpaired) electrons. The van der Waals surface area contributed by atoms with Gasteiger partial charge in [0.05, 0.1) is 22.2 Å². The van der Waals surface area contributed by atoms with E-state index in [1.807, 2.05) is 49.4 Å². The van der Waals surface area contributed by atoms with Crippen molar-refractivity contribution in [2.45, 2.75) is 32.6 Å². The van der Waals surface area contributed by atoms with Crippen molar-refractivity contribution in [3.63, 3.8) is 0 Å². The Morgan fingerprint density at radius 1 is 1.00 bits per heavy atom. The van der Waals surface area contributed by atoms with Crippen LogP contribution in [0.25, 0.3) is 50.3 Å². The molecule has 1 fully saturated rings. The van der Waals surface area contributed by atoms with Crippen LogP contribution < -0.4 is 5.32 Å². The number of benzene rings is 2. The van der Waals surface area contributed by atoms with E-state index in [0.717, 1.165) is 55.9 Å². The van der Waals surface area contributed by atoms with E-state index in [2.05, 4.69) is 39.7 Å². The molecule has 0 amide bonds. The van der Waals surface area contributed by atoms with Crippen LogP contribution in [0.2, 0.25) is 0 Å². The normalized spacial score (nSPS) is 14.8. The van der Waals surface area contributed by atoms with Crippen LogP contribution in [0.4, 0.5) is 4.39 Å². The van der Waals surface area contributed by atoms with E-state index < -0.39 is 0 Å². The molecule has 3 N–H and O–H groups in total. The molecule has 200 valence electrons. The van der Waals surface area contributed by atoms with Crippen LogP contribution in [-0.4, -0.2) is 25.1 Å². The summed E-state index contributed by atoms with van der Waals surface area (Å²) in [4.78, 5) is 13.3. The second kappa shape index (κ2) is 10.8. The molecule has 3 aromatic heterocycles. The molecule has 7 heteroatoms. The van der Waals surface area contributed by atoms with Gasteiger partial charge in [0, 0.05) is 17.0 Å². The van der Waals surface area contributed by atoms with E-state index in [0.29, 0.717) is 17.4 Å². The van der Waals surface area contributed by atoms with Gasteiger partial charge in [0.2, 0.25) is 0 Å². The first-order chi connectivity index (χ1) is 19.5. The fourth-order valence-electron chi connectivity index (χ4n) is 5.41. The maximum absolute atomic E-state index is 13.5. The second-order valence-corrected chi connectivity index (χ2v) is 10.1. The molecule has 3 heterocycles. The van der Waals surface area contributed by atoms with Crippen LogP contribution in [0.1, 0.15) is 38.3 Å². The summed E-state index contributed by atoms with van der Waals surface area (Å²) >= 11 is 0. The quantitative estimate of drug-likeness (QED) is 0.177. The number of H-pyrrole nitrogens is 2. The lowest BCUT2D eigenvalue weighted by Gasteiger charge is -2.16. The maximum Gasteiger partial charge on any atom is 0.161 e. The predicted octanol–water partition coefficient (Wildman–Crippen LogP) is 8.07. The first-order valence-corrected chi connectivity index (χ1v) is 13.6. The Hall–Kier alpha value is -4.78. The number of rotatable bonds is 8. The third-order valence-electron chi connectivity index (χ3n) is 7.59. The zero-order chi connectivity index (χ0) is 27.6. The molecule has 0 atom stereocenters. The summed E-state index contributed by atoms with van der Waals surface area (Å²) < 4.78 is 13.5. The molecule has 0 aliphatic heterocycles. The molecule has 2 aromatic carbocycles. The van der Waals surface area contributed by atoms with Crippen molar-refractivity contribution in [1.29, 1.82) is 0 Å². The van der Waals surface area contributed by atoms with E-state index in [-0.39, 0.29) is 5.82 Å². The summed E-state index contributed by atoms with van der Waals surface area (Å²) in [5.41, 5.74) is 9.34. The Balaban J connectivity index is 1.35. The van der Waals surface area contributed by atoms with Crippen LogP contribution in [0.15, 0.2) is 97.4 Å². The van der Waals surface area contributed by atoms with E-state index in [1.165, 1.54) is 37.8 Å². The minimum absolute atomic E-state index is 0.270. The van der Waals surface area contributed by atoms with Crippen molar-refractivity contribution in [3.05, 3.63) is 109 Å². The highest BCUT2D eigenvalue weighted by Crippen LogP contribution is 2.32. The third kappa shape index (κ3) is 4.86. The zero-order valence-electron chi connectivity index (χ0n) is 22.5. The highest BCUT2D eigenvalue weighted by atomic mass is 19.1. The topological polar surface area (TPSA) is 82.3 Å². The van der Waals surface area contributed by atoms with Crippen LogP contribution in [0.5, 0.6) is 0 Å². The Bertz CT molecular complexity index is 1780. The Morgan fingerprint density at radius 3 is 2.55 bits per heavy atom. The minimum Gasteiger partial charge on any atom is -0.359 e. The average molecular weight is 531 g/mol. The first kappa shape index (κ1) is 25.5. The van der Waals surface area contributed by atoms with Crippen molar-refractivity contribution in [2.75, 3.05) is 0 Å². The molecule has 1 aliphatic carbocycles. The number of nitrogens with one attached hydrogen (secondary N) is 3. The predicted molar refractivity (Wildman–Crippen MR) is 161 cm³/mol. The van der Waals surface area contributed by atoms with Gasteiger partial charge in [0.15, 0.2) is 11.5 Å². The lowest BCUT2D eigenvalue weighted by atomic mass is 10.0. The lowest BCUT2D eigenvalue weighted by Crippen LogP contribution is -2.16. The number of fused-ring (bicyclic) bond motifs is 2. The number of aromatic nitrogens is 5. The number of halogens is 1. The Kier molecular flexibility index (Phi) is 6.86. The fraction of sp³-hybridized carbons (Fsp3) is 0.182. The molecule has 0 bridgehead atoms. The van der Waals surface area contributed by atoms with Crippen LogP contribution in [0.3, 0.4) is 0 Å². The summed E-state index contributed by atoms with van der Waals surface area (Å²) in [6.45, 7) is 10.3. The molecular formula is C33H31FN6. The number of nitrogens with zero attached hydrogens (tertiary/aromatic N) is 3. The fourth-order valence-corrected chi connectivity index (χ4v) is 5.41. The van der Waals surface area contributed by atoms with Crippen LogP contribution >= 0.6 is 0 Å². The number of allylic oxidation sites excluding steroid dienone is 5. The first-order valence-electron chi connectivity index (χ1n) is 13.6. The van der Waals surface area contributed by atoms with E-state index in [1.54, 1.807) is 12.1 Å². The Labute approximate surface area is 232 Å². The SMILES string of the molecule is C=C/C(=C\C(=C/C)c1ccc2[nH]nc(-c3nc4c(-c5ccc(F)cc5)cccc4[nH]3)c2n1)NC(=C)C1CCCC1. The number of hydrogen-bond donors (Lipinski definition) is 3. The Morgan fingerprint density at radius 2 is 1.80 bits per heavy atom. The summed E-state index contributed by atoms with van der Waals surface area (Å²) in [7, 11) is 0. The van der Waals surface area contributed by atoms with E-state index >= 15 is 0 Å². The average Bonchev–Trinajstić information content (AvgIpc) is 3.74. The monoisotopic (exact) mass is 530 g/mol. The van der Waals surface area contributed by atoms with Gasteiger partial charge in [0.25, 0.3) is 0 Å². The molecule has 5 aromatic rings. The number of hydrogen-bond acceptors (Lipinski definition) is 4. The molecule has 6 nitrogen and oxygen atoms in total. The van der Waals surface area contributed by atoms with Gasteiger partial charge in [-0.15, -0.1) is 0 Å². The number of para-hydroxylation sites is 1. The van der Waals surface area contributed by atoms with Gasteiger partial charge in [-0.05, 0) is 79.3 Å². The summed E-state index contributed by atoms with van der Waals surface area (Å²) in [5.74, 6) is 0.848. The summed E-state index contributed by atoms with van der Waals surface area (Å²) in [5, 5.41) is 11.1. The van der Waals surface area contributed by atoms with Gasteiger partial charge in [-0.3, -0.25) is 5.10 Å². The number of imidazole rings is 1. The largest absolute Gasteiger partial charge is 0.359 e. The van der Waals surface area contributed by atoms with E-state index in [9.17, 15) is 4.39 Å². The third-order valence-corrected chi connectivity index (χ3v) is 7.59. The smallest absolute Gasteiger partial charge is 0.161 e. The zero-order valence-corrected chi connectivity index (χ0v) is 22.5. The molecule has 1 saturated carbocycles. The molecular weight excluding hydrogens is 499 g/mol. The number of aromatic amines is 2. The summed E-state index contributed by atoms with van der Waals surface area (Å²) in [6.07, 6.45) is 10.8. The molecule has 40 heavy (non-hydrogen) atoms. The molecule has 1 aliphatic rings. The van der Waals surface area contributed by atoms with Gasteiger partial charge in [-0.1, -0.05) is 56.3 Å². The van der Waals surface area contributed by atoms with Crippen molar-refractivity contribution in [1.82, 2.24) is 30.5 Å². The van der Waals surface area contributed by atoms with Crippen molar-refractivity contribution in [3.8, 4) is 22.6 Å². The standard InChI is InChI=1S/C33H31FN6/c1-4-21(19-25(5-2)35-20(3)22-9-6-7-10-22)27-17-18-29-31(36-27)32(40-39-29)33-37-28-12-8-11-26(30(28)38-33)23-13-15-24(34)16-14-23/h4-5,8,11-19,22,35H,2-3,6-7,9-10H2,1H3,(H,37,38)(H,39,40)/b21-4+,25-19+. The van der Waals surface area contributed by atoms with Crippen LogP contribution in [0, 0.1) is 11.7 Å². The van der Waals surface area contributed by atoms with E-state index in [4.69, 9.17) is 9.97 Å². The van der Waals surface area contributed by atoms with Gasteiger partial charge in [-0.25, -0.2) is 14.4 Å². The molecule has 6 rings (SSSR count). The summed E-state index contributed by atoms with van der Waals surface area (Å²) in [6, 6.07) is 16.3. The lowest BCUT2D eigenvalue weighted by molar-refractivity contribution is 0.607. The van der Waals surface area contributed by atoms with Gasteiger partial charge in [0.1, 0.15) is 11.3 Å². The second-order valence-electron chi connectivity index (χ2n) is 10.1. The highest BCUT2D eigenvalue weighted by Gasteiger charge is 2.19. The molecule has 0 saturated heterocycles. The van der Waals surface area contributed by atoms with Crippen LogP contribution in [-0.2, 0) is 0 Å². The molecule has 0 spiro atoms. The minimum atomic E-state index is -0.270. The van der Waals surface area contributed by atoms with Crippen molar-refractivity contribution < 1.29 is 4.39 Å². The van der Waals surface area contributed by atoms with Crippen molar-refractivity contribution in [2.24, 2.45) is 5.92 Å². The number of pyridine rings is 1. The van der Waals surface area contributed by atoms with Gasteiger partial charge in [-0.2, -0.15) is 5.10 Å². The van der Waals surface area contributed by atoms with Gasteiger partial charge >= 0.3 is 0 Å². The highest BCUT2D eigenvalue weighted by molar-refractivity contribution is 5.96. The maximum atomic E-state index is 13.5.